The van der Waals surface area contributed by atoms with Gasteiger partial charge in [-0.2, -0.15) is 0 Å². The van der Waals surface area contributed by atoms with E-state index in [2.05, 4.69) is 12.8 Å². The number of fused-ring (bicyclic) bond motifs is 2. The molecule has 5 atom stereocenters. The average Bonchev–Trinajstić information content (AvgIpc) is 2.79. The van der Waals surface area contributed by atoms with E-state index < -0.39 is 0 Å². The van der Waals surface area contributed by atoms with E-state index in [0.717, 1.165) is 12.8 Å². The van der Waals surface area contributed by atoms with Crippen molar-refractivity contribution in [2.24, 2.45) is 23.7 Å². The maximum absolute atomic E-state index is 9.92. The summed E-state index contributed by atoms with van der Waals surface area (Å²) in [6.07, 6.45) is 6.94. The van der Waals surface area contributed by atoms with Crippen LogP contribution in [-0.2, 0) is 9.47 Å². The normalized spacial score (nSPS) is 49.4. The molecule has 16 heavy (non-hydrogen) atoms. The third-order valence-electron chi connectivity index (χ3n) is 4.73. The van der Waals surface area contributed by atoms with E-state index in [-0.39, 0.29) is 17.8 Å². The molecule has 3 rings (SSSR count). The fourth-order valence-corrected chi connectivity index (χ4v) is 3.99. The smallest absolute Gasteiger partial charge is 0.174 e. The van der Waals surface area contributed by atoms with E-state index in [1.165, 1.54) is 0 Å². The van der Waals surface area contributed by atoms with Gasteiger partial charge in [0.2, 0.25) is 0 Å². The Morgan fingerprint density at radius 2 is 2.00 bits per heavy atom. The first-order valence-electron chi connectivity index (χ1n) is 6.13. The van der Waals surface area contributed by atoms with Gasteiger partial charge in [0.25, 0.3) is 0 Å². The first-order valence-corrected chi connectivity index (χ1v) is 6.13. The minimum atomic E-state index is -0.375. The lowest BCUT2D eigenvalue weighted by molar-refractivity contribution is -0.334. The predicted molar refractivity (Wildman–Crippen MR) is 58.3 cm³/mol. The summed E-state index contributed by atoms with van der Waals surface area (Å²) in [5.74, 6) is 3.42. The van der Waals surface area contributed by atoms with Crippen molar-refractivity contribution in [1.82, 2.24) is 0 Å². The molecule has 2 aliphatic carbocycles. The third-order valence-corrected chi connectivity index (χ3v) is 4.73. The fraction of sp³-hybridized carbons (Fsp3) is 0.846. The molecule has 0 amide bonds. The highest BCUT2D eigenvalue weighted by Crippen LogP contribution is 2.61. The third kappa shape index (κ3) is 1.10. The van der Waals surface area contributed by atoms with E-state index in [4.69, 9.17) is 15.9 Å². The Kier molecular flexibility index (Phi) is 2.29. The average molecular weight is 222 g/mol. The Bertz CT molecular complexity index is 327. The zero-order valence-electron chi connectivity index (χ0n) is 9.56. The van der Waals surface area contributed by atoms with Crippen LogP contribution in [-0.4, -0.2) is 30.2 Å². The highest BCUT2D eigenvalue weighted by molar-refractivity contribution is 5.16. The van der Waals surface area contributed by atoms with Crippen LogP contribution in [0, 0.1) is 36.0 Å². The predicted octanol–water partition coefficient (Wildman–Crippen LogP) is 1.02. The number of aliphatic hydroxyl groups is 1. The van der Waals surface area contributed by atoms with Crippen LogP contribution in [0.4, 0.5) is 0 Å². The summed E-state index contributed by atoms with van der Waals surface area (Å²) in [4.78, 5) is 0. The van der Waals surface area contributed by atoms with Gasteiger partial charge in [-0.25, -0.2) is 0 Å². The first kappa shape index (κ1) is 10.6. The molecule has 1 aliphatic heterocycles. The standard InChI is InChI=1S/C13H18O3/c1-3-9-11(14)5-4-10-12(9)8(2)13(10)15-6-7-16-13/h1,8-12,14H,4-7H2,2H3/t8?,9-,10-,11+,12+/m1/s1. The number of aliphatic hydroxyl groups excluding tert-OH is 1. The van der Waals surface area contributed by atoms with E-state index in [0.29, 0.717) is 31.0 Å². The zero-order chi connectivity index (χ0) is 11.3. The molecule has 0 bridgehead atoms. The molecule has 0 aromatic heterocycles. The second-order valence-corrected chi connectivity index (χ2v) is 5.23. The van der Waals surface area contributed by atoms with Gasteiger partial charge < -0.3 is 14.6 Å². The zero-order valence-corrected chi connectivity index (χ0v) is 9.56. The molecule has 1 spiro atoms. The van der Waals surface area contributed by atoms with Crippen LogP contribution in [0.15, 0.2) is 0 Å². The molecular formula is C13H18O3. The molecule has 1 saturated heterocycles. The molecule has 0 aromatic carbocycles. The quantitative estimate of drug-likeness (QED) is 0.622. The Labute approximate surface area is 96.1 Å². The minimum absolute atomic E-state index is 0.0211. The Hall–Kier alpha value is -0.560. The van der Waals surface area contributed by atoms with Crippen LogP contribution in [0.5, 0.6) is 0 Å². The van der Waals surface area contributed by atoms with Crippen LogP contribution in [0.2, 0.25) is 0 Å². The van der Waals surface area contributed by atoms with Crippen molar-refractivity contribution < 1.29 is 14.6 Å². The number of hydrogen-bond donors (Lipinski definition) is 1. The number of terminal acetylenes is 1. The lowest BCUT2D eigenvalue weighted by atomic mass is 9.50. The summed E-state index contributed by atoms with van der Waals surface area (Å²) >= 11 is 0. The monoisotopic (exact) mass is 222 g/mol. The van der Waals surface area contributed by atoms with Crippen LogP contribution < -0.4 is 0 Å². The molecule has 88 valence electrons. The van der Waals surface area contributed by atoms with Gasteiger partial charge in [0.1, 0.15) is 0 Å². The lowest BCUT2D eigenvalue weighted by Crippen LogP contribution is -2.66. The van der Waals surface area contributed by atoms with Gasteiger partial charge in [0.15, 0.2) is 5.79 Å². The molecule has 1 N–H and O–H groups in total. The summed E-state index contributed by atoms with van der Waals surface area (Å²) in [6, 6.07) is 0. The summed E-state index contributed by atoms with van der Waals surface area (Å²) in [6.45, 7) is 3.52. The SMILES string of the molecule is C#C[C@H]1[C@@H]2C(C)C3(OCCO3)[C@@H]2CC[C@@H]1O. The van der Waals surface area contributed by atoms with Gasteiger partial charge in [-0.15, -0.1) is 12.3 Å². The van der Waals surface area contributed by atoms with Crippen molar-refractivity contribution in [1.29, 1.82) is 0 Å². The Morgan fingerprint density at radius 3 is 2.62 bits per heavy atom. The Morgan fingerprint density at radius 1 is 1.31 bits per heavy atom. The van der Waals surface area contributed by atoms with Crippen molar-refractivity contribution in [2.75, 3.05) is 13.2 Å². The van der Waals surface area contributed by atoms with Crippen molar-refractivity contribution in [3.05, 3.63) is 0 Å². The van der Waals surface area contributed by atoms with Gasteiger partial charge >= 0.3 is 0 Å². The molecule has 3 fully saturated rings. The maximum Gasteiger partial charge on any atom is 0.174 e. The molecule has 0 aromatic rings. The summed E-state index contributed by atoms with van der Waals surface area (Å²) < 4.78 is 11.6. The molecule has 1 unspecified atom stereocenters. The highest BCUT2D eigenvalue weighted by atomic mass is 16.7. The molecule has 2 saturated carbocycles. The van der Waals surface area contributed by atoms with Crippen molar-refractivity contribution in [3.8, 4) is 12.3 Å². The van der Waals surface area contributed by atoms with Gasteiger partial charge in [-0.1, -0.05) is 6.92 Å². The summed E-state index contributed by atoms with van der Waals surface area (Å²) in [5, 5.41) is 9.92. The minimum Gasteiger partial charge on any atom is -0.392 e. The number of rotatable bonds is 0. The molecule has 1 heterocycles. The first-order chi connectivity index (χ1) is 7.70. The molecule has 3 aliphatic rings. The van der Waals surface area contributed by atoms with Crippen molar-refractivity contribution in [3.63, 3.8) is 0 Å². The maximum atomic E-state index is 9.92. The van der Waals surface area contributed by atoms with Crippen LogP contribution >= 0.6 is 0 Å². The largest absolute Gasteiger partial charge is 0.392 e. The van der Waals surface area contributed by atoms with Crippen molar-refractivity contribution in [2.45, 2.75) is 31.7 Å². The topological polar surface area (TPSA) is 38.7 Å². The second-order valence-electron chi connectivity index (χ2n) is 5.23. The Balaban J connectivity index is 1.86. The van der Waals surface area contributed by atoms with E-state index in [1.807, 2.05) is 0 Å². The highest BCUT2D eigenvalue weighted by Gasteiger charge is 2.67. The van der Waals surface area contributed by atoms with Gasteiger partial charge in [-0.05, 0) is 18.8 Å². The second kappa shape index (κ2) is 3.46. The molecule has 3 heteroatoms. The van der Waals surface area contributed by atoms with Gasteiger partial charge in [0.05, 0.1) is 19.3 Å². The van der Waals surface area contributed by atoms with Crippen LogP contribution in [0.25, 0.3) is 0 Å². The lowest BCUT2D eigenvalue weighted by Gasteiger charge is -2.61. The van der Waals surface area contributed by atoms with Crippen LogP contribution in [0.1, 0.15) is 19.8 Å². The molecular weight excluding hydrogens is 204 g/mol. The van der Waals surface area contributed by atoms with E-state index in [1.54, 1.807) is 0 Å². The molecule has 3 nitrogen and oxygen atoms in total. The number of hydrogen-bond acceptors (Lipinski definition) is 3. The van der Waals surface area contributed by atoms with E-state index >= 15 is 0 Å². The van der Waals surface area contributed by atoms with Crippen LogP contribution in [0.3, 0.4) is 0 Å². The number of ether oxygens (including phenoxy) is 2. The van der Waals surface area contributed by atoms with Crippen molar-refractivity contribution >= 4 is 0 Å². The van der Waals surface area contributed by atoms with E-state index in [9.17, 15) is 5.11 Å². The summed E-state index contributed by atoms with van der Waals surface area (Å²) in [5.41, 5.74) is 0. The summed E-state index contributed by atoms with van der Waals surface area (Å²) in [7, 11) is 0. The van der Waals surface area contributed by atoms with Gasteiger partial charge in [-0.3, -0.25) is 0 Å². The fourth-order valence-electron chi connectivity index (χ4n) is 3.99. The van der Waals surface area contributed by atoms with Gasteiger partial charge in [0, 0.05) is 17.8 Å². The molecule has 0 radical (unpaired) electrons.